The highest BCUT2D eigenvalue weighted by molar-refractivity contribution is 5.94. The number of hydrogen-bond acceptors (Lipinski definition) is 6. The lowest BCUT2D eigenvalue weighted by Gasteiger charge is -2.35. The van der Waals surface area contributed by atoms with Gasteiger partial charge in [-0.3, -0.25) is 5.10 Å². The molecule has 2 N–H and O–H groups in total. The number of pyridine rings is 1. The minimum atomic E-state index is 0.217. The van der Waals surface area contributed by atoms with Crippen molar-refractivity contribution in [1.29, 1.82) is 0 Å². The summed E-state index contributed by atoms with van der Waals surface area (Å²) in [4.78, 5) is 7.59. The van der Waals surface area contributed by atoms with E-state index in [2.05, 4.69) is 39.6 Å². The van der Waals surface area contributed by atoms with Gasteiger partial charge in [-0.25, -0.2) is 4.98 Å². The van der Waals surface area contributed by atoms with E-state index >= 15 is 0 Å². The zero-order valence-corrected chi connectivity index (χ0v) is 16.7. The van der Waals surface area contributed by atoms with Gasteiger partial charge in [-0.2, -0.15) is 10.2 Å². The van der Waals surface area contributed by atoms with Crippen molar-refractivity contribution >= 4 is 11.9 Å². The molecular formula is C22H26N6O. The number of H-pyrrole nitrogens is 1. The molecule has 6 rings (SSSR count). The van der Waals surface area contributed by atoms with Crippen molar-refractivity contribution in [1.82, 2.24) is 25.5 Å². The minimum Gasteiger partial charge on any atom is -0.378 e. The molecule has 2 aromatic rings. The molecule has 7 heteroatoms. The molecule has 2 aliphatic carbocycles. The molecular weight excluding hydrogens is 364 g/mol. The van der Waals surface area contributed by atoms with E-state index in [0.29, 0.717) is 0 Å². The molecule has 4 heterocycles. The molecule has 29 heavy (non-hydrogen) atoms. The fraction of sp³-hybridized carbons (Fsp3) is 0.500. The van der Waals surface area contributed by atoms with Crippen LogP contribution in [0.15, 0.2) is 17.4 Å². The van der Waals surface area contributed by atoms with Crippen LogP contribution >= 0.6 is 0 Å². The van der Waals surface area contributed by atoms with Gasteiger partial charge >= 0.3 is 0 Å². The van der Waals surface area contributed by atoms with Crippen LogP contribution in [0.4, 0.5) is 0 Å². The Labute approximate surface area is 170 Å². The monoisotopic (exact) mass is 390 g/mol. The molecule has 0 amide bonds. The molecule has 0 spiro atoms. The third-order valence-corrected chi connectivity index (χ3v) is 6.75. The molecule has 1 saturated heterocycles. The SMILES string of the molecule is Cc1[nH]ncc1-c1nc2c(c3c1CCCC3)C1C(N3CCOCC3)=NNC1C=C2. The number of hydrazone groups is 1. The first-order chi connectivity index (χ1) is 14.3. The van der Waals surface area contributed by atoms with Gasteiger partial charge in [0.15, 0.2) is 0 Å². The zero-order chi connectivity index (χ0) is 19.4. The number of fused-ring (bicyclic) bond motifs is 5. The summed E-state index contributed by atoms with van der Waals surface area (Å²) in [6, 6.07) is 0.217. The number of morpholine rings is 1. The Morgan fingerprint density at radius 1 is 1.14 bits per heavy atom. The average molecular weight is 390 g/mol. The van der Waals surface area contributed by atoms with E-state index in [4.69, 9.17) is 14.8 Å². The van der Waals surface area contributed by atoms with E-state index in [1.807, 2.05) is 6.20 Å². The number of aromatic amines is 1. The second kappa shape index (κ2) is 6.69. The third-order valence-electron chi connectivity index (χ3n) is 6.75. The van der Waals surface area contributed by atoms with Gasteiger partial charge in [0.25, 0.3) is 0 Å². The van der Waals surface area contributed by atoms with E-state index in [-0.39, 0.29) is 12.0 Å². The molecule has 1 fully saturated rings. The smallest absolute Gasteiger partial charge is 0.135 e. The quantitative estimate of drug-likeness (QED) is 0.782. The Hall–Kier alpha value is -2.67. The number of nitrogens with one attached hydrogen (secondary N) is 2. The number of nitrogens with zero attached hydrogens (tertiary/aromatic N) is 4. The van der Waals surface area contributed by atoms with Crippen LogP contribution in [0, 0.1) is 6.92 Å². The van der Waals surface area contributed by atoms with Crippen molar-refractivity contribution in [3.05, 3.63) is 40.4 Å². The van der Waals surface area contributed by atoms with Crippen LogP contribution in [0.3, 0.4) is 0 Å². The van der Waals surface area contributed by atoms with Gasteiger partial charge in [0.1, 0.15) is 5.84 Å². The first kappa shape index (κ1) is 17.2. The van der Waals surface area contributed by atoms with Crippen molar-refractivity contribution < 1.29 is 4.74 Å². The normalized spacial score (nSPS) is 25.1. The number of amidine groups is 1. The van der Waals surface area contributed by atoms with Crippen molar-refractivity contribution in [2.24, 2.45) is 5.10 Å². The molecule has 0 radical (unpaired) electrons. The first-order valence-electron chi connectivity index (χ1n) is 10.7. The van der Waals surface area contributed by atoms with Gasteiger partial charge in [0.05, 0.1) is 42.8 Å². The van der Waals surface area contributed by atoms with Crippen molar-refractivity contribution in [2.75, 3.05) is 26.3 Å². The van der Waals surface area contributed by atoms with Gasteiger partial charge in [-0.15, -0.1) is 0 Å². The molecule has 2 aliphatic heterocycles. The van der Waals surface area contributed by atoms with Gasteiger partial charge in [0, 0.05) is 24.3 Å². The third kappa shape index (κ3) is 2.64. The second-order valence-corrected chi connectivity index (χ2v) is 8.39. The Morgan fingerprint density at radius 2 is 1.97 bits per heavy atom. The van der Waals surface area contributed by atoms with Gasteiger partial charge < -0.3 is 15.1 Å². The number of aryl methyl sites for hydroxylation is 1. The highest BCUT2D eigenvalue weighted by Crippen LogP contribution is 2.43. The molecule has 7 nitrogen and oxygen atoms in total. The van der Waals surface area contributed by atoms with Gasteiger partial charge in [0.2, 0.25) is 0 Å². The van der Waals surface area contributed by atoms with E-state index in [1.54, 1.807) is 0 Å². The Morgan fingerprint density at radius 3 is 2.76 bits per heavy atom. The van der Waals surface area contributed by atoms with Crippen LogP contribution in [-0.4, -0.2) is 58.3 Å². The summed E-state index contributed by atoms with van der Waals surface area (Å²) >= 11 is 0. The van der Waals surface area contributed by atoms with Crippen LogP contribution in [-0.2, 0) is 17.6 Å². The highest BCUT2D eigenvalue weighted by Gasteiger charge is 2.41. The molecule has 0 saturated carbocycles. The lowest BCUT2D eigenvalue weighted by atomic mass is 9.76. The van der Waals surface area contributed by atoms with Crippen LogP contribution in [0.25, 0.3) is 17.3 Å². The van der Waals surface area contributed by atoms with E-state index in [9.17, 15) is 0 Å². The topological polar surface area (TPSA) is 78.4 Å². The maximum atomic E-state index is 5.57. The molecule has 2 atom stereocenters. The predicted octanol–water partition coefficient (Wildman–Crippen LogP) is 2.39. The Bertz CT molecular complexity index is 1020. The van der Waals surface area contributed by atoms with Crippen LogP contribution in [0.1, 0.15) is 46.8 Å². The summed E-state index contributed by atoms with van der Waals surface area (Å²) in [5.74, 6) is 1.40. The summed E-state index contributed by atoms with van der Waals surface area (Å²) in [6.45, 7) is 5.44. The predicted molar refractivity (Wildman–Crippen MR) is 112 cm³/mol. The lowest BCUT2D eigenvalue weighted by molar-refractivity contribution is 0.0670. The zero-order valence-electron chi connectivity index (χ0n) is 16.7. The summed E-state index contributed by atoms with van der Waals surface area (Å²) < 4.78 is 5.57. The Balaban J connectivity index is 1.51. The fourth-order valence-electron chi connectivity index (χ4n) is 5.32. The Kier molecular flexibility index (Phi) is 3.97. The van der Waals surface area contributed by atoms with E-state index in [1.165, 1.54) is 29.5 Å². The maximum absolute atomic E-state index is 5.57. The van der Waals surface area contributed by atoms with Crippen LogP contribution in [0.5, 0.6) is 0 Å². The van der Waals surface area contributed by atoms with Crippen molar-refractivity contribution in [3.63, 3.8) is 0 Å². The largest absolute Gasteiger partial charge is 0.378 e. The lowest BCUT2D eigenvalue weighted by Crippen LogP contribution is -2.44. The van der Waals surface area contributed by atoms with E-state index < -0.39 is 0 Å². The highest BCUT2D eigenvalue weighted by atomic mass is 16.5. The molecule has 0 bridgehead atoms. The standard InChI is InChI=1S/C22H26N6O/c1-13-16(12-23-25-13)21-15-5-3-2-4-14(15)19-17(24-21)6-7-18-20(19)22(27-26-18)28-8-10-29-11-9-28/h6-7,12,18,20,26H,2-5,8-11H2,1H3,(H,23,25). The van der Waals surface area contributed by atoms with Gasteiger partial charge in [-0.1, -0.05) is 6.08 Å². The molecule has 0 aromatic carbocycles. The molecule has 150 valence electrons. The average Bonchev–Trinajstić information content (AvgIpc) is 3.39. The minimum absolute atomic E-state index is 0.217. The summed E-state index contributed by atoms with van der Waals surface area (Å²) in [7, 11) is 0. The first-order valence-corrected chi connectivity index (χ1v) is 10.7. The summed E-state index contributed by atoms with van der Waals surface area (Å²) in [6.07, 6.45) is 11.0. The van der Waals surface area contributed by atoms with Gasteiger partial charge in [-0.05, 0) is 55.4 Å². The number of hydrogen-bond donors (Lipinski definition) is 2. The number of rotatable bonds is 1. The van der Waals surface area contributed by atoms with Crippen molar-refractivity contribution in [2.45, 2.75) is 44.6 Å². The second-order valence-electron chi connectivity index (χ2n) is 8.39. The molecule has 2 aromatic heterocycles. The fourth-order valence-corrected chi connectivity index (χ4v) is 5.32. The summed E-state index contributed by atoms with van der Waals surface area (Å²) in [5, 5.41) is 12.1. The molecule has 2 unspecified atom stereocenters. The number of ether oxygens (including phenoxy) is 1. The van der Waals surface area contributed by atoms with E-state index in [0.717, 1.165) is 67.6 Å². The van der Waals surface area contributed by atoms with Crippen LogP contribution in [0.2, 0.25) is 0 Å². The van der Waals surface area contributed by atoms with Crippen molar-refractivity contribution in [3.8, 4) is 11.3 Å². The summed E-state index contributed by atoms with van der Waals surface area (Å²) in [5.41, 5.74) is 12.1. The van der Waals surface area contributed by atoms with Crippen LogP contribution < -0.4 is 5.43 Å². The number of aromatic nitrogens is 3. The maximum Gasteiger partial charge on any atom is 0.135 e. The molecule has 4 aliphatic rings.